The van der Waals surface area contributed by atoms with Crippen LogP contribution in [0.1, 0.15) is 12.8 Å². The molecule has 27 heavy (non-hydrogen) atoms. The van der Waals surface area contributed by atoms with Crippen molar-refractivity contribution in [3.63, 3.8) is 0 Å². The molecule has 0 saturated carbocycles. The lowest BCUT2D eigenvalue weighted by Crippen LogP contribution is -2.61. The number of hydrogen-bond donors (Lipinski definition) is 0. The molecule has 1 aromatic carbocycles. The van der Waals surface area contributed by atoms with E-state index >= 15 is 0 Å². The molecule has 0 bridgehead atoms. The van der Waals surface area contributed by atoms with Gasteiger partial charge in [0.15, 0.2) is 5.82 Å². The van der Waals surface area contributed by atoms with Crippen molar-refractivity contribution in [2.75, 3.05) is 38.1 Å². The fourth-order valence-corrected chi connectivity index (χ4v) is 5.02. The fraction of sp³-hybridized carbons (Fsp3) is 0.444. The van der Waals surface area contributed by atoms with Crippen LogP contribution in [-0.2, 0) is 10.2 Å². The first kappa shape index (κ1) is 18.3. The number of aromatic nitrogens is 2. The molecule has 2 saturated heterocycles. The number of likely N-dealkylation sites (N-methyl/N-ethyl adjacent to an activating group) is 1. The van der Waals surface area contributed by atoms with E-state index in [1.54, 1.807) is 23.5 Å². The molecule has 0 atom stereocenters. The lowest BCUT2D eigenvalue weighted by Gasteiger charge is -2.44. The smallest absolute Gasteiger partial charge is 0.282 e. The molecule has 2 aliphatic heterocycles. The van der Waals surface area contributed by atoms with Crippen molar-refractivity contribution in [1.29, 1.82) is 0 Å². The van der Waals surface area contributed by atoms with Gasteiger partial charge in [-0.25, -0.2) is 4.39 Å². The SMILES string of the molecule is CN(C1CN(c2ccc(-c3ccc(F)cc3)nn2)C1)S(=O)(=O)N1CCCC1. The van der Waals surface area contributed by atoms with Crippen LogP contribution in [0.4, 0.5) is 10.2 Å². The van der Waals surface area contributed by atoms with Gasteiger partial charge >= 0.3 is 0 Å². The zero-order valence-corrected chi connectivity index (χ0v) is 15.9. The average Bonchev–Trinajstić information content (AvgIpc) is 3.17. The van der Waals surface area contributed by atoms with E-state index in [0.29, 0.717) is 37.7 Å². The first-order chi connectivity index (χ1) is 12.9. The van der Waals surface area contributed by atoms with Gasteiger partial charge < -0.3 is 4.90 Å². The van der Waals surface area contributed by atoms with Crippen molar-refractivity contribution in [2.45, 2.75) is 18.9 Å². The minimum Gasteiger partial charge on any atom is -0.352 e. The Morgan fingerprint density at radius 1 is 1.04 bits per heavy atom. The lowest BCUT2D eigenvalue weighted by atomic mass is 10.1. The van der Waals surface area contributed by atoms with E-state index in [9.17, 15) is 12.8 Å². The van der Waals surface area contributed by atoms with Crippen LogP contribution in [0.5, 0.6) is 0 Å². The largest absolute Gasteiger partial charge is 0.352 e. The maximum absolute atomic E-state index is 13.0. The van der Waals surface area contributed by atoms with Gasteiger partial charge in [0.25, 0.3) is 10.2 Å². The predicted octanol–water partition coefficient (Wildman–Crippen LogP) is 1.74. The summed E-state index contributed by atoms with van der Waals surface area (Å²) in [5.41, 5.74) is 1.47. The van der Waals surface area contributed by atoms with E-state index in [-0.39, 0.29) is 11.9 Å². The van der Waals surface area contributed by atoms with Crippen LogP contribution in [0.15, 0.2) is 36.4 Å². The Morgan fingerprint density at radius 3 is 2.30 bits per heavy atom. The molecule has 2 fully saturated rings. The van der Waals surface area contributed by atoms with Crippen molar-refractivity contribution < 1.29 is 12.8 Å². The number of benzene rings is 1. The monoisotopic (exact) mass is 391 g/mol. The van der Waals surface area contributed by atoms with Crippen LogP contribution in [0, 0.1) is 5.82 Å². The highest BCUT2D eigenvalue weighted by Gasteiger charge is 2.39. The molecule has 2 aliphatic rings. The Kier molecular flexibility index (Phi) is 4.83. The molecule has 4 rings (SSSR count). The Balaban J connectivity index is 1.38. The standard InChI is InChI=1S/C18H22FN5O2S/c1-22(27(25,26)24-10-2-3-11-24)16-12-23(13-16)18-9-8-17(20-21-18)14-4-6-15(19)7-5-14/h4-9,16H,2-3,10-13H2,1H3. The summed E-state index contributed by atoms with van der Waals surface area (Å²) in [5.74, 6) is 0.423. The molecule has 0 amide bonds. The summed E-state index contributed by atoms with van der Waals surface area (Å²) in [6.45, 7) is 2.40. The minimum atomic E-state index is -3.38. The van der Waals surface area contributed by atoms with Gasteiger partial charge in [-0.1, -0.05) is 0 Å². The topological polar surface area (TPSA) is 69.6 Å². The summed E-state index contributed by atoms with van der Waals surface area (Å²) < 4.78 is 41.3. The van der Waals surface area contributed by atoms with Crippen LogP contribution in [-0.4, -0.2) is 66.5 Å². The van der Waals surface area contributed by atoms with Gasteiger partial charge in [-0.15, -0.1) is 10.2 Å². The number of hydrogen-bond acceptors (Lipinski definition) is 5. The quantitative estimate of drug-likeness (QED) is 0.777. The highest BCUT2D eigenvalue weighted by Crippen LogP contribution is 2.26. The molecule has 0 radical (unpaired) electrons. The lowest BCUT2D eigenvalue weighted by molar-refractivity contribution is 0.287. The number of halogens is 1. The first-order valence-electron chi connectivity index (χ1n) is 9.03. The van der Waals surface area contributed by atoms with E-state index in [1.165, 1.54) is 16.4 Å². The normalized spacial score (nSPS) is 18.9. The second-order valence-corrected chi connectivity index (χ2v) is 8.96. The third-order valence-electron chi connectivity index (χ3n) is 5.25. The van der Waals surface area contributed by atoms with Crippen LogP contribution < -0.4 is 4.90 Å². The Hall–Kier alpha value is -2.10. The van der Waals surface area contributed by atoms with Crippen LogP contribution in [0.2, 0.25) is 0 Å². The van der Waals surface area contributed by atoms with Gasteiger partial charge in [-0.05, 0) is 49.2 Å². The van der Waals surface area contributed by atoms with E-state index in [0.717, 1.165) is 18.4 Å². The molecule has 3 heterocycles. The van der Waals surface area contributed by atoms with Gasteiger partial charge in [-0.3, -0.25) is 0 Å². The molecule has 0 spiro atoms. The first-order valence-corrected chi connectivity index (χ1v) is 10.4. The zero-order valence-electron chi connectivity index (χ0n) is 15.1. The van der Waals surface area contributed by atoms with E-state index < -0.39 is 10.2 Å². The summed E-state index contributed by atoms with van der Waals surface area (Å²) >= 11 is 0. The summed E-state index contributed by atoms with van der Waals surface area (Å²) in [5, 5.41) is 8.45. The molecule has 9 heteroatoms. The van der Waals surface area contributed by atoms with Gasteiger partial charge in [0.05, 0.1) is 11.7 Å². The molecule has 0 N–H and O–H groups in total. The van der Waals surface area contributed by atoms with E-state index in [2.05, 4.69) is 10.2 Å². The molecular weight excluding hydrogens is 369 g/mol. The van der Waals surface area contributed by atoms with E-state index in [1.807, 2.05) is 17.0 Å². The van der Waals surface area contributed by atoms with Gasteiger partial charge in [0.2, 0.25) is 0 Å². The summed E-state index contributed by atoms with van der Waals surface area (Å²) in [4.78, 5) is 2.00. The molecule has 144 valence electrons. The third-order valence-corrected chi connectivity index (χ3v) is 7.29. The fourth-order valence-electron chi connectivity index (χ4n) is 3.43. The van der Waals surface area contributed by atoms with E-state index in [4.69, 9.17) is 0 Å². The average molecular weight is 391 g/mol. The van der Waals surface area contributed by atoms with Crippen molar-refractivity contribution in [3.8, 4) is 11.3 Å². The summed E-state index contributed by atoms with van der Waals surface area (Å²) in [6.07, 6.45) is 1.86. The van der Waals surface area contributed by atoms with Gasteiger partial charge in [0, 0.05) is 38.8 Å². The number of nitrogens with zero attached hydrogens (tertiary/aromatic N) is 5. The second-order valence-electron chi connectivity index (χ2n) is 6.97. The minimum absolute atomic E-state index is 0.0609. The number of anilines is 1. The second kappa shape index (κ2) is 7.14. The summed E-state index contributed by atoms with van der Waals surface area (Å²) in [6, 6.07) is 9.75. The predicted molar refractivity (Wildman–Crippen MR) is 101 cm³/mol. The molecule has 7 nitrogen and oxygen atoms in total. The van der Waals surface area contributed by atoms with Crippen molar-refractivity contribution in [3.05, 3.63) is 42.2 Å². The molecule has 2 aromatic rings. The number of rotatable bonds is 5. The molecule has 0 unspecified atom stereocenters. The van der Waals surface area contributed by atoms with Crippen molar-refractivity contribution >= 4 is 16.0 Å². The molecule has 0 aliphatic carbocycles. The maximum atomic E-state index is 13.0. The Morgan fingerprint density at radius 2 is 1.70 bits per heavy atom. The molecular formula is C18H22FN5O2S. The Labute approximate surface area is 158 Å². The highest BCUT2D eigenvalue weighted by atomic mass is 32.2. The van der Waals surface area contributed by atoms with Crippen LogP contribution >= 0.6 is 0 Å². The van der Waals surface area contributed by atoms with Gasteiger partial charge in [-0.2, -0.15) is 17.0 Å². The van der Waals surface area contributed by atoms with Crippen molar-refractivity contribution in [2.24, 2.45) is 0 Å². The highest BCUT2D eigenvalue weighted by molar-refractivity contribution is 7.86. The van der Waals surface area contributed by atoms with Crippen LogP contribution in [0.25, 0.3) is 11.3 Å². The molecule has 1 aromatic heterocycles. The van der Waals surface area contributed by atoms with Gasteiger partial charge in [0.1, 0.15) is 5.82 Å². The third kappa shape index (κ3) is 3.54. The summed E-state index contributed by atoms with van der Waals surface area (Å²) in [7, 11) is -1.73. The van der Waals surface area contributed by atoms with Crippen LogP contribution in [0.3, 0.4) is 0 Å². The maximum Gasteiger partial charge on any atom is 0.282 e. The zero-order chi connectivity index (χ0) is 19.0. The Bertz CT molecular complexity index is 892. The van der Waals surface area contributed by atoms with Crippen molar-refractivity contribution in [1.82, 2.24) is 18.8 Å².